The lowest BCUT2D eigenvalue weighted by Crippen LogP contribution is -2.62. The van der Waals surface area contributed by atoms with Crippen molar-refractivity contribution in [3.8, 4) is 0 Å². The average molecular weight is 573 g/mol. The van der Waals surface area contributed by atoms with Crippen LogP contribution in [-0.4, -0.2) is 91.6 Å². The van der Waals surface area contributed by atoms with Gasteiger partial charge in [0.1, 0.15) is 31.0 Å². The zero-order valence-corrected chi connectivity index (χ0v) is 23.5. The van der Waals surface area contributed by atoms with E-state index in [4.69, 9.17) is 33.2 Å². The van der Waals surface area contributed by atoms with Gasteiger partial charge in [-0.05, 0) is 33.2 Å². The summed E-state index contributed by atoms with van der Waals surface area (Å²) in [7, 11) is 0. The van der Waals surface area contributed by atoms with Gasteiger partial charge >= 0.3 is 30.0 Å². The van der Waals surface area contributed by atoms with Crippen LogP contribution in [0.25, 0.3) is 10.4 Å². The van der Waals surface area contributed by atoms with Gasteiger partial charge in [-0.2, -0.15) is 0 Å². The molecule has 1 amide bonds. The Morgan fingerprint density at radius 2 is 1.65 bits per heavy atom. The van der Waals surface area contributed by atoms with Crippen LogP contribution < -0.4 is 5.32 Å². The summed E-state index contributed by atoms with van der Waals surface area (Å²) in [5.74, 6) is -3.20. The number of alkyl carbamates (subject to hydrolysis) is 1. The lowest BCUT2D eigenvalue weighted by Gasteiger charge is -2.44. The van der Waals surface area contributed by atoms with Crippen LogP contribution in [0.5, 0.6) is 0 Å². The number of nitrogens with one attached hydrogen (secondary N) is 1. The molecule has 1 heterocycles. The van der Waals surface area contributed by atoms with Gasteiger partial charge in [0, 0.05) is 25.7 Å². The fourth-order valence-corrected chi connectivity index (χ4v) is 3.51. The second-order valence-corrected chi connectivity index (χ2v) is 9.57. The molecule has 40 heavy (non-hydrogen) atoms. The molecule has 1 aliphatic heterocycles. The number of esters is 4. The Labute approximate surface area is 231 Å². The first-order valence-electron chi connectivity index (χ1n) is 12.2. The van der Waals surface area contributed by atoms with Crippen LogP contribution >= 0.6 is 0 Å². The standard InChI is InChI=1S/C24H36N4O12/c1-9-10-34-23(33)26-17(21(32)40-24(6,7)8)12(2)36-22-18(27-28-25)20(38-15(5)31)19(37-14(4)30)16(39-22)11-35-13(3)29/h9,12,16-20,22H,1,10-11H2,2-8H3,(H,26,33)/t12-,16-,17+,18-,19+,20-,22+/m1/s1. The second kappa shape index (κ2) is 15.6. The molecule has 0 saturated carbocycles. The van der Waals surface area contributed by atoms with Gasteiger partial charge in [0.25, 0.3) is 0 Å². The van der Waals surface area contributed by atoms with Gasteiger partial charge in [-0.15, -0.1) is 0 Å². The van der Waals surface area contributed by atoms with Gasteiger partial charge in [-0.25, -0.2) is 9.59 Å². The zero-order valence-electron chi connectivity index (χ0n) is 23.5. The molecule has 16 heteroatoms. The van der Waals surface area contributed by atoms with Crippen LogP contribution in [0.1, 0.15) is 48.5 Å². The quantitative estimate of drug-likeness (QED) is 0.0886. The van der Waals surface area contributed by atoms with Crippen molar-refractivity contribution in [1.82, 2.24) is 5.32 Å². The number of hydrogen-bond donors (Lipinski definition) is 1. The van der Waals surface area contributed by atoms with E-state index in [0.29, 0.717) is 0 Å². The molecule has 0 aromatic carbocycles. The first kappa shape index (κ1) is 34.1. The number of amides is 1. The molecule has 0 radical (unpaired) electrons. The highest BCUT2D eigenvalue weighted by molar-refractivity contribution is 5.82. The van der Waals surface area contributed by atoms with E-state index < -0.39 is 85.0 Å². The van der Waals surface area contributed by atoms with E-state index in [2.05, 4.69) is 21.9 Å². The molecule has 1 N–H and O–H groups in total. The number of nitrogens with zero attached hydrogens (tertiary/aromatic N) is 3. The highest BCUT2D eigenvalue weighted by atomic mass is 16.7. The lowest BCUT2D eigenvalue weighted by atomic mass is 9.96. The molecular weight excluding hydrogens is 536 g/mol. The van der Waals surface area contributed by atoms with E-state index in [1.807, 2.05) is 0 Å². The molecule has 0 aromatic heterocycles. The molecule has 1 saturated heterocycles. The van der Waals surface area contributed by atoms with Crippen molar-refractivity contribution in [2.24, 2.45) is 5.11 Å². The summed E-state index contributed by atoms with van der Waals surface area (Å²) in [6.07, 6.45) is -6.54. The maximum absolute atomic E-state index is 13.0. The largest absolute Gasteiger partial charge is 0.463 e. The van der Waals surface area contributed by atoms with Crippen molar-refractivity contribution in [3.05, 3.63) is 23.1 Å². The molecular formula is C24H36N4O12. The number of azide groups is 1. The van der Waals surface area contributed by atoms with Crippen molar-refractivity contribution in [1.29, 1.82) is 0 Å². The van der Waals surface area contributed by atoms with E-state index in [1.54, 1.807) is 20.8 Å². The highest BCUT2D eigenvalue weighted by Gasteiger charge is 2.51. The monoisotopic (exact) mass is 572 g/mol. The molecule has 224 valence electrons. The van der Waals surface area contributed by atoms with Gasteiger partial charge in [-0.1, -0.05) is 17.8 Å². The van der Waals surface area contributed by atoms with Crippen molar-refractivity contribution in [2.45, 2.75) is 96.9 Å². The van der Waals surface area contributed by atoms with Crippen LogP contribution in [0, 0.1) is 0 Å². The van der Waals surface area contributed by atoms with Gasteiger partial charge in [-0.3, -0.25) is 14.4 Å². The summed E-state index contributed by atoms with van der Waals surface area (Å²) in [5, 5.41) is 5.97. The molecule has 0 unspecified atom stereocenters. The summed E-state index contributed by atoms with van der Waals surface area (Å²) >= 11 is 0. The van der Waals surface area contributed by atoms with E-state index >= 15 is 0 Å². The number of carbonyl (C=O) groups is 5. The third kappa shape index (κ3) is 11.5. The predicted molar refractivity (Wildman–Crippen MR) is 134 cm³/mol. The Bertz CT molecular complexity index is 991. The van der Waals surface area contributed by atoms with E-state index in [-0.39, 0.29) is 6.61 Å². The van der Waals surface area contributed by atoms with Crippen LogP contribution in [0.3, 0.4) is 0 Å². The Balaban J connectivity index is 3.45. The first-order chi connectivity index (χ1) is 18.6. The normalized spacial score (nSPS) is 23.7. The van der Waals surface area contributed by atoms with Gasteiger partial charge < -0.3 is 38.5 Å². The third-order valence-electron chi connectivity index (χ3n) is 4.94. The van der Waals surface area contributed by atoms with Gasteiger partial charge in [0.2, 0.25) is 0 Å². The van der Waals surface area contributed by atoms with Crippen LogP contribution in [0.2, 0.25) is 0 Å². The molecule has 0 aliphatic carbocycles. The number of ether oxygens (including phenoxy) is 7. The Morgan fingerprint density at radius 1 is 1.05 bits per heavy atom. The van der Waals surface area contributed by atoms with Gasteiger partial charge in [0.05, 0.1) is 6.10 Å². The van der Waals surface area contributed by atoms with E-state index in [1.165, 1.54) is 13.0 Å². The third-order valence-corrected chi connectivity index (χ3v) is 4.94. The fourth-order valence-electron chi connectivity index (χ4n) is 3.51. The van der Waals surface area contributed by atoms with Crippen LogP contribution in [0.15, 0.2) is 17.8 Å². The topological polar surface area (TPSA) is 211 Å². The molecule has 16 nitrogen and oxygen atoms in total. The molecule has 0 aromatic rings. The maximum atomic E-state index is 13.0. The summed E-state index contributed by atoms with van der Waals surface area (Å²) in [4.78, 5) is 63.3. The van der Waals surface area contributed by atoms with Crippen molar-refractivity contribution < 1.29 is 57.1 Å². The summed E-state index contributed by atoms with van der Waals surface area (Å²) in [6.45, 7) is 12.4. The van der Waals surface area contributed by atoms with Crippen LogP contribution in [0.4, 0.5) is 4.79 Å². The Morgan fingerprint density at radius 3 is 2.15 bits per heavy atom. The highest BCUT2D eigenvalue weighted by Crippen LogP contribution is 2.31. The van der Waals surface area contributed by atoms with Crippen molar-refractivity contribution in [2.75, 3.05) is 13.2 Å². The molecule has 7 atom stereocenters. The molecule has 1 fully saturated rings. The predicted octanol–water partition coefficient (Wildman–Crippen LogP) is 1.84. The molecule has 1 rings (SSSR count). The summed E-state index contributed by atoms with van der Waals surface area (Å²) in [6, 6.07) is -2.92. The Kier molecular flexibility index (Phi) is 13.4. The molecule has 1 aliphatic rings. The summed E-state index contributed by atoms with van der Waals surface area (Å²) in [5.41, 5.74) is 8.29. The number of hydrogen-bond acceptors (Lipinski definition) is 13. The molecule has 0 bridgehead atoms. The average Bonchev–Trinajstić information content (AvgIpc) is 2.81. The lowest BCUT2D eigenvalue weighted by molar-refractivity contribution is -0.284. The van der Waals surface area contributed by atoms with E-state index in [0.717, 1.165) is 20.8 Å². The van der Waals surface area contributed by atoms with E-state index in [9.17, 15) is 29.5 Å². The minimum absolute atomic E-state index is 0.147. The second-order valence-electron chi connectivity index (χ2n) is 9.57. The summed E-state index contributed by atoms with van der Waals surface area (Å²) < 4.78 is 37.7. The SMILES string of the molecule is C=CCOC(=O)N[C@H](C(=O)OC(C)(C)C)[C@@H](C)O[C@H]1O[C@H](COC(C)=O)[C@H](OC(C)=O)[C@H](OC(C)=O)[C@H]1N=[N+]=[N-]. The number of carbonyl (C=O) groups excluding carboxylic acids is 5. The first-order valence-corrected chi connectivity index (χ1v) is 12.2. The fraction of sp³-hybridized carbons (Fsp3) is 0.708. The smallest absolute Gasteiger partial charge is 0.408 e. The van der Waals surface area contributed by atoms with Gasteiger partial charge in [0.15, 0.2) is 24.5 Å². The minimum atomic E-state index is -1.56. The Hall–Kier alpha value is -3.88. The van der Waals surface area contributed by atoms with Crippen LogP contribution in [-0.2, 0) is 52.3 Å². The van der Waals surface area contributed by atoms with Crippen molar-refractivity contribution >= 4 is 30.0 Å². The molecule has 0 spiro atoms. The van der Waals surface area contributed by atoms with Crippen molar-refractivity contribution in [3.63, 3.8) is 0 Å². The maximum Gasteiger partial charge on any atom is 0.408 e. The zero-order chi connectivity index (χ0) is 30.6. The number of rotatable bonds is 12. The minimum Gasteiger partial charge on any atom is -0.463 e.